The summed E-state index contributed by atoms with van der Waals surface area (Å²) in [4.78, 5) is 0. The van der Waals surface area contributed by atoms with Crippen LogP contribution in [0.4, 0.5) is 13.2 Å². The van der Waals surface area contributed by atoms with Crippen LogP contribution in [-0.2, 0) is 21.8 Å². The van der Waals surface area contributed by atoms with Gasteiger partial charge in [-0.15, -0.1) is 0 Å². The minimum atomic E-state index is -4.68. The van der Waals surface area contributed by atoms with Gasteiger partial charge < -0.3 is 26.9 Å². The van der Waals surface area contributed by atoms with Gasteiger partial charge in [0.25, 0.3) is 0 Å². The number of hydrogen-bond acceptors (Lipinski definition) is 6. The van der Waals surface area contributed by atoms with Gasteiger partial charge in [0.05, 0.1) is 0 Å². The maximum Gasteiger partial charge on any atom is 0.669 e. The van der Waals surface area contributed by atoms with E-state index in [1.165, 1.54) is 28.4 Å². The van der Waals surface area contributed by atoms with Gasteiger partial charge in [-0.2, -0.15) is 13.2 Å². The molecule has 0 fully saturated rings. The average Bonchev–Trinajstić information content (AvgIpc) is 2.43. The number of aliphatic hydroxyl groups is 1. The van der Waals surface area contributed by atoms with E-state index in [0.29, 0.717) is 0 Å². The number of rotatable bonds is 10. The van der Waals surface area contributed by atoms with Crippen LogP contribution in [0.25, 0.3) is 0 Å². The third-order valence-corrected chi connectivity index (χ3v) is 9.78. The van der Waals surface area contributed by atoms with Crippen molar-refractivity contribution in [2.45, 2.75) is 73.8 Å². The molecule has 6 nitrogen and oxygen atoms in total. The standard InChI is InChI=1S/C11H25F3O6Si2.4CH4/c1-10(15,11(12,13)14)8-7-9-21(6,16-2)20-22(17-3,18-4)19-5;;;;/h15H,7-9H2,1-6H3;4*1H4. The van der Waals surface area contributed by atoms with E-state index in [9.17, 15) is 18.3 Å². The fourth-order valence-electron chi connectivity index (χ4n) is 1.73. The first-order valence-corrected chi connectivity index (χ1v) is 10.8. The predicted octanol–water partition coefficient (Wildman–Crippen LogP) is 4.73. The second-order valence-electron chi connectivity index (χ2n) is 5.18. The first kappa shape index (κ1) is 36.8. The molecule has 0 aromatic rings. The van der Waals surface area contributed by atoms with E-state index < -0.39 is 35.8 Å². The second kappa shape index (κ2) is 14.0. The third kappa shape index (κ3) is 10.4. The molecule has 0 rings (SSSR count). The lowest BCUT2D eigenvalue weighted by Gasteiger charge is -2.34. The van der Waals surface area contributed by atoms with E-state index in [0.717, 1.165) is 6.92 Å². The van der Waals surface area contributed by atoms with Crippen molar-refractivity contribution in [3.63, 3.8) is 0 Å². The average molecular weight is 431 g/mol. The molecule has 0 aliphatic carbocycles. The van der Waals surface area contributed by atoms with Gasteiger partial charge in [0, 0.05) is 28.4 Å². The Balaban J connectivity index is -0.000000367. The molecule has 2 unspecified atom stereocenters. The molecule has 0 saturated heterocycles. The van der Waals surface area contributed by atoms with Gasteiger partial charge in [-0.3, -0.25) is 0 Å². The molecule has 0 heterocycles. The van der Waals surface area contributed by atoms with Crippen LogP contribution in [-0.4, -0.2) is 62.9 Å². The lowest BCUT2D eigenvalue weighted by Crippen LogP contribution is -2.56. The highest BCUT2D eigenvalue weighted by atomic mass is 28.5. The van der Waals surface area contributed by atoms with Crippen molar-refractivity contribution in [3.05, 3.63) is 0 Å². The Morgan fingerprint density at radius 3 is 1.50 bits per heavy atom. The van der Waals surface area contributed by atoms with Gasteiger partial charge >= 0.3 is 23.8 Å². The summed E-state index contributed by atoms with van der Waals surface area (Å²) in [6.45, 7) is 2.42. The molecule has 0 spiro atoms. The largest absolute Gasteiger partial charge is 0.669 e. The van der Waals surface area contributed by atoms with E-state index in [-0.39, 0.29) is 42.2 Å². The molecule has 0 bridgehead atoms. The highest BCUT2D eigenvalue weighted by Crippen LogP contribution is 2.35. The van der Waals surface area contributed by atoms with Gasteiger partial charge in [0.1, 0.15) is 0 Å². The summed E-state index contributed by atoms with van der Waals surface area (Å²) in [6, 6.07) is 0.223. The molecule has 0 radical (unpaired) electrons. The summed E-state index contributed by atoms with van der Waals surface area (Å²) in [6.07, 6.45) is -5.05. The van der Waals surface area contributed by atoms with E-state index in [1.54, 1.807) is 6.55 Å². The molecule has 1 N–H and O–H groups in total. The highest BCUT2D eigenvalue weighted by molar-refractivity contribution is 6.75. The fraction of sp³-hybridized carbons (Fsp3) is 1.00. The molecule has 166 valence electrons. The minimum Gasteiger partial charge on any atom is -0.398 e. The third-order valence-electron chi connectivity index (χ3n) is 3.43. The molecular formula is C15H41F3O6Si2. The van der Waals surface area contributed by atoms with Crippen LogP contribution in [0.15, 0.2) is 0 Å². The van der Waals surface area contributed by atoms with Crippen LogP contribution in [0.1, 0.15) is 49.5 Å². The van der Waals surface area contributed by atoms with Crippen molar-refractivity contribution < 1.29 is 40.1 Å². The van der Waals surface area contributed by atoms with Crippen LogP contribution in [0.2, 0.25) is 12.6 Å². The van der Waals surface area contributed by atoms with Crippen molar-refractivity contribution in [3.8, 4) is 0 Å². The molecule has 0 aromatic carbocycles. The van der Waals surface area contributed by atoms with E-state index in [4.69, 9.17) is 21.8 Å². The molecule has 0 amide bonds. The Hall–Kier alpha value is -0.0162. The second-order valence-corrected chi connectivity index (χ2v) is 11.4. The van der Waals surface area contributed by atoms with Gasteiger partial charge in [0.2, 0.25) is 0 Å². The first-order valence-electron chi connectivity index (χ1n) is 6.61. The Labute approximate surface area is 160 Å². The van der Waals surface area contributed by atoms with Gasteiger partial charge in [-0.25, -0.2) is 0 Å². The molecule has 0 saturated carbocycles. The highest BCUT2D eigenvalue weighted by Gasteiger charge is 2.52. The van der Waals surface area contributed by atoms with Crippen molar-refractivity contribution in [2.75, 3.05) is 28.4 Å². The number of alkyl halides is 3. The lowest BCUT2D eigenvalue weighted by atomic mass is 10.0. The van der Waals surface area contributed by atoms with E-state index in [1.807, 2.05) is 0 Å². The molecule has 11 heteroatoms. The van der Waals surface area contributed by atoms with Gasteiger partial charge in [0.15, 0.2) is 5.60 Å². The topological polar surface area (TPSA) is 66.4 Å². The van der Waals surface area contributed by atoms with Crippen LogP contribution < -0.4 is 0 Å². The summed E-state index contributed by atoms with van der Waals surface area (Å²) >= 11 is 0. The molecule has 2 atom stereocenters. The monoisotopic (exact) mass is 430 g/mol. The van der Waals surface area contributed by atoms with Crippen LogP contribution in [0.3, 0.4) is 0 Å². The van der Waals surface area contributed by atoms with Crippen LogP contribution in [0, 0.1) is 0 Å². The Bertz CT molecular complexity index is 334. The normalized spacial score (nSPS) is 15.9. The van der Waals surface area contributed by atoms with Crippen molar-refractivity contribution >= 4 is 17.6 Å². The summed E-state index contributed by atoms with van der Waals surface area (Å²) in [7, 11) is -0.738. The lowest BCUT2D eigenvalue weighted by molar-refractivity contribution is -0.255. The molecule has 0 aliphatic heterocycles. The Morgan fingerprint density at radius 2 is 1.23 bits per heavy atom. The zero-order valence-corrected chi connectivity index (χ0v) is 15.7. The zero-order valence-electron chi connectivity index (χ0n) is 13.7. The SMILES string of the molecule is C.C.C.C.CO[Si](C)(CCCC(C)(O)C(F)(F)F)O[Si](OC)(OC)OC. The van der Waals surface area contributed by atoms with E-state index in [2.05, 4.69) is 0 Å². The van der Waals surface area contributed by atoms with Crippen molar-refractivity contribution in [1.82, 2.24) is 0 Å². The Morgan fingerprint density at radius 1 is 0.846 bits per heavy atom. The number of hydrogen-bond donors (Lipinski definition) is 1. The minimum absolute atomic E-state index is 0. The molecule has 0 aliphatic rings. The number of halogens is 3. The van der Waals surface area contributed by atoms with Crippen molar-refractivity contribution in [2.24, 2.45) is 0 Å². The Kier molecular flexibility index (Phi) is 19.9. The van der Waals surface area contributed by atoms with Crippen LogP contribution >= 0.6 is 0 Å². The predicted molar refractivity (Wildman–Crippen MR) is 104 cm³/mol. The maximum atomic E-state index is 12.6. The van der Waals surface area contributed by atoms with Crippen molar-refractivity contribution in [1.29, 1.82) is 0 Å². The summed E-state index contributed by atoms with van der Waals surface area (Å²) in [5.74, 6) is 0. The summed E-state index contributed by atoms with van der Waals surface area (Å²) < 4.78 is 64.3. The summed E-state index contributed by atoms with van der Waals surface area (Å²) in [5.41, 5.74) is -2.74. The molecule has 26 heavy (non-hydrogen) atoms. The smallest absolute Gasteiger partial charge is 0.398 e. The van der Waals surface area contributed by atoms with Gasteiger partial charge in [-0.1, -0.05) is 29.7 Å². The quantitative estimate of drug-likeness (QED) is 0.505. The first-order chi connectivity index (χ1) is 9.91. The molecular weight excluding hydrogens is 389 g/mol. The van der Waals surface area contributed by atoms with Gasteiger partial charge in [-0.05, 0) is 32.4 Å². The maximum absolute atomic E-state index is 12.6. The molecule has 0 aromatic heterocycles. The fourth-order valence-corrected chi connectivity index (χ4v) is 7.11. The zero-order chi connectivity index (χ0) is 17.7. The summed E-state index contributed by atoms with van der Waals surface area (Å²) in [5, 5.41) is 9.44. The van der Waals surface area contributed by atoms with E-state index >= 15 is 0 Å². The van der Waals surface area contributed by atoms with Crippen LogP contribution in [0.5, 0.6) is 0 Å².